The highest BCUT2D eigenvalue weighted by Gasteiger charge is 2.10. The average molecular weight is 300 g/mol. The van der Waals surface area contributed by atoms with E-state index in [1.807, 2.05) is 24.4 Å². The maximum Gasteiger partial charge on any atom is 0.166 e. The number of benzene rings is 1. The molecule has 1 aromatic carbocycles. The Bertz CT molecular complexity index is 723. The fourth-order valence-corrected chi connectivity index (χ4v) is 2.90. The van der Waals surface area contributed by atoms with Crippen molar-refractivity contribution in [3.05, 3.63) is 41.5 Å². The molecule has 0 aliphatic carbocycles. The number of nitrogens with one attached hydrogen (secondary N) is 1. The minimum Gasteiger partial charge on any atom is -0.383 e. The quantitative estimate of drug-likeness (QED) is 0.709. The monoisotopic (exact) mass is 300 g/mol. The number of aromatic nitrogens is 3. The normalized spacial score (nSPS) is 11.1. The van der Waals surface area contributed by atoms with Gasteiger partial charge in [0.2, 0.25) is 0 Å². The van der Waals surface area contributed by atoms with Crippen molar-refractivity contribution < 1.29 is 4.74 Å². The minimum atomic E-state index is 0.691. The van der Waals surface area contributed by atoms with Crippen LogP contribution in [0.1, 0.15) is 5.01 Å². The van der Waals surface area contributed by atoms with E-state index < -0.39 is 0 Å². The van der Waals surface area contributed by atoms with Gasteiger partial charge in [-0.2, -0.15) is 0 Å². The molecule has 2 heterocycles. The van der Waals surface area contributed by atoms with E-state index in [2.05, 4.69) is 32.6 Å². The Kier molecular flexibility index (Phi) is 4.49. The highest BCUT2D eigenvalue weighted by atomic mass is 32.1. The summed E-state index contributed by atoms with van der Waals surface area (Å²) in [6.07, 6.45) is 1.82. The van der Waals surface area contributed by atoms with Gasteiger partial charge in [0.05, 0.1) is 6.61 Å². The van der Waals surface area contributed by atoms with Crippen molar-refractivity contribution in [3.63, 3.8) is 0 Å². The standard InChI is InChI=1S/C15H16N4OS/c1-20-9-8-16-10-13-18-19-15(21-13)14-12-5-3-2-4-11(12)6-7-17-14/h2-7,16H,8-10H2,1H3. The maximum absolute atomic E-state index is 5.00. The van der Waals surface area contributed by atoms with Crippen molar-refractivity contribution in [2.24, 2.45) is 0 Å². The van der Waals surface area contributed by atoms with Crippen LogP contribution in [0.5, 0.6) is 0 Å². The van der Waals surface area contributed by atoms with Gasteiger partial charge < -0.3 is 10.1 Å². The summed E-state index contributed by atoms with van der Waals surface area (Å²) in [5.41, 5.74) is 0.897. The predicted octanol–water partition coefficient (Wildman–Crippen LogP) is 2.49. The molecule has 6 heteroatoms. The number of nitrogens with zero attached hydrogens (tertiary/aromatic N) is 3. The summed E-state index contributed by atoms with van der Waals surface area (Å²) >= 11 is 1.57. The molecular weight excluding hydrogens is 284 g/mol. The molecule has 0 unspecified atom stereocenters. The van der Waals surface area contributed by atoms with Crippen LogP contribution in [-0.2, 0) is 11.3 Å². The Morgan fingerprint density at radius 3 is 3.00 bits per heavy atom. The molecule has 2 aromatic heterocycles. The zero-order chi connectivity index (χ0) is 14.5. The molecular formula is C15H16N4OS. The molecule has 0 bridgehead atoms. The number of hydrogen-bond donors (Lipinski definition) is 1. The molecule has 5 nitrogen and oxygen atoms in total. The fraction of sp³-hybridized carbons (Fsp3) is 0.267. The lowest BCUT2D eigenvalue weighted by atomic mass is 10.1. The van der Waals surface area contributed by atoms with Crippen LogP contribution < -0.4 is 5.32 Å². The first-order chi connectivity index (χ1) is 10.4. The van der Waals surface area contributed by atoms with E-state index in [4.69, 9.17) is 4.74 Å². The van der Waals surface area contributed by atoms with Gasteiger partial charge >= 0.3 is 0 Å². The number of pyridine rings is 1. The minimum absolute atomic E-state index is 0.691. The molecule has 0 saturated heterocycles. The molecule has 1 N–H and O–H groups in total. The van der Waals surface area contributed by atoms with Crippen molar-refractivity contribution in [1.29, 1.82) is 0 Å². The lowest BCUT2D eigenvalue weighted by Crippen LogP contribution is -2.18. The second kappa shape index (κ2) is 6.71. The van der Waals surface area contributed by atoms with Crippen LogP contribution in [0.15, 0.2) is 36.5 Å². The number of rotatable bonds is 6. The van der Waals surface area contributed by atoms with Crippen LogP contribution in [-0.4, -0.2) is 35.4 Å². The molecule has 0 saturated carbocycles. The van der Waals surface area contributed by atoms with Gasteiger partial charge in [0.15, 0.2) is 5.01 Å². The van der Waals surface area contributed by atoms with Crippen LogP contribution in [0.2, 0.25) is 0 Å². The lowest BCUT2D eigenvalue weighted by Gasteiger charge is -2.01. The summed E-state index contributed by atoms with van der Waals surface area (Å²) in [7, 11) is 1.69. The number of ether oxygens (including phenoxy) is 1. The zero-order valence-corrected chi connectivity index (χ0v) is 12.6. The van der Waals surface area contributed by atoms with Gasteiger partial charge in [-0.1, -0.05) is 35.6 Å². The van der Waals surface area contributed by atoms with Crippen molar-refractivity contribution in [2.75, 3.05) is 20.3 Å². The topological polar surface area (TPSA) is 59.9 Å². The number of fused-ring (bicyclic) bond motifs is 1. The smallest absolute Gasteiger partial charge is 0.166 e. The number of hydrogen-bond acceptors (Lipinski definition) is 6. The average Bonchev–Trinajstić information content (AvgIpc) is 3.00. The second-order valence-corrected chi connectivity index (χ2v) is 5.61. The van der Waals surface area contributed by atoms with Crippen LogP contribution >= 0.6 is 11.3 Å². The highest BCUT2D eigenvalue weighted by Crippen LogP contribution is 2.28. The lowest BCUT2D eigenvalue weighted by molar-refractivity contribution is 0.199. The summed E-state index contributed by atoms with van der Waals surface area (Å²) in [4.78, 5) is 4.47. The Labute approximate surface area is 127 Å². The van der Waals surface area contributed by atoms with Gasteiger partial charge in [0.1, 0.15) is 10.7 Å². The highest BCUT2D eigenvalue weighted by molar-refractivity contribution is 7.14. The van der Waals surface area contributed by atoms with E-state index in [1.54, 1.807) is 18.4 Å². The van der Waals surface area contributed by atoms with Crippen molar-refractivity contribution in [1.82, 2.24) is 20.5 Å². The predicted molar refractivity (Wildman–Crippen MR) is 84.2 cm³/mol. The third-order valence-electron chi connectivity index (χ3n) is 3.10. The molecule has 0 spiro atoms. The van der Waals surface area contributed by atoms with Crippen LogP contribution in [0, 0.1) is 0 Å². The van der Waals surface area contributed by atoms with Gasteiger partial charge in [-0.3, -0.25) is 4.98 Å². The first-order valence-corrected chi connectivity index (χ1v) is 7.56. The molecule has 108 valence electrons. The Hall–Kier alpha value is -1.89. The summed E-state index contributed by atoms with van der Waals surface area (Å²) in [6, 6.07) is 10.2. The molecule has 21 heavy (non-hydrogen) atoms. The molecule has 0 aliphatic rings. The van der Waals surface area contributed by atoms with E-state index in [9.17, 15) is 0 Å². The van der Waals surface area contributed by atoms with E-state index in [-0.39, 0.29) is 0 Å². The van der Waals surface area contributed by atoms with E-state index in [0.29, 0.717) is 13.2 Å². The summed E-state index contributed by atoms with van der Waals surface area (Å²) in [5, 5.41) is 15.8. The molecule has 0 radical (unpaired) electrons. The van der Waals surface area contributed by atoms with Crippen molar-refractivity contribution >= 4 is 22.1 Å². The van der Waals surface area contributed by atoms with Crippen molar-refractivity contribution in [2.45, 2.75) is 6.54 Å². The van der Waals surface area contributed by atoms with Gasteiger partial charge in [0.25, 0.3) is 0 Å². The molecule has 3 aromatic rings. The Morgan fingerprint density at radius 2 is 2.10 bits per heavy atom. The molecule has 0 atom stereocenters. The molecule has 0 aliphatic heterocycles. The summed E-state index contributed by atoms with van der Waals surface area (Å²) in [6.45, 7) is 2.19. The van der Waals surface area contributed by atoms with Gasteiger partial charge in [0, 0.05) is 31.8 Å². The largest absolute Gasteiger partial charge is 0.383 e. The van der Waals surface area contributed by atoms with Gasteiger partial charge in [-0.25, -0.2) is 0 Å². The second-order valence-electron chi connectivity index (χ2n) is 4.55. The van der Waals surface area contributed by atoms with Crippen molar-refractivity contribution in [3.8, 4) is 10.7 Å². The van der Waals surface area contributed by atoms with E-state index >= 15 is 0 Å². The van der Waals surface area contributed by atoms with Crippen LogP contribution in [0.25, 0.3) is 21.5 Å². The number of methoxy groups -OCH3 is 1. The van der Waals surface area contributed by atoms with Crippen LogP contribution in [0.3, 0.4) is 0 Å². The summed E-state index contributed by atoms with van der Waals surface area (Å²) in [5.74, 6) is 0. The maximum atomic E-state index is 5.00. The SMILES string of the molecule is COCCNCc1nnc(-c2nccc3ccccc23)s1. The molecule has 3 rings (SSSR count). The fourth-order valence-electron chi connectivity index (χ4n) is 2.08. The van der Waals surface area contributed by atoms with Crippen LogP contribution in [0.4, 0.5) is 0 Å². The van der Waals surface area contributed by atoms with Gasteiger partial charge in [-0.15, -0.1) is 10.2 Å². The molecule has 0 amide bonds. The van der Waals surface area contributed by atoms with E-state index in [1.165, 1.54) is 0 Å². The Morgan fingerprint density at radius 1 is 1.19 bits per heavy atom. The third kappa shape index (κ3) is 3.24. The first-order valence-electron chi connectivity index (χ1n) is 6.74. The first kappa shape index (κ1) is 14.1. The van der Waals surface area contributed by atoms with Gasteiger partial charge in [-0.05, 0) is 11.5 Å². The Balaban J connectivity index is 1.81. The molecule has 0 fully saturated rings. The third-order valence-corrected chi connectivity index (χ3v) is 4.03. The van der Waals surface area contributed by atoms with E-state index in [0.717, 1.165) is 33.0 Å². The zero-order valence-electron chi connectivity index (χ0n) is 11.7. The summed E-state index contributed by atoms with van der Waals surface area (Å²) < 4.78 is 5.00.